The van der Waals surface area contributed by atoms with Crippen LogP contribution in [0, 0.1) is 13.8 Å². The third-order valence-electron chi connectivity index (χ3n) is 5.69. The van der Waals surface area contributed by atoms with Gasteiger partial charge in [0.2, 0.25) is 0 Å². The molecule has 5 rings (SSSR count). The Balaban J connectivity index is 1.44. The number of carbonyl (C=O) groups excluding carboxylic acids is 1. The molecule has 5 nitrogen and oxygen atoms in total. The molecule has 2 atom stereocenters. The minimum Gasteiger partial charge on any atom is -0.337 e. The van der Waals surface area contributed by atoms with Crippen LogP contribution in [0.25, 0.3) is 0 Å². The van der Waals surface area contributed by atoms with E-state index in [0.29, 0.717) is 12.6 Å². The van der Waals surface area contributed by atoms with Crippen LogP contribution in [0.1, 0.15) is 37.7 Å². The Morgan fingerprint density at radius 3 is 2.74 bits per heavy atom. The van der Waals surface area contributed by atoms with Crippen molar-refractivity contribution < 1.29 is 4.79 Å². The lowest BCUT2D eigenvalue weighted by atomic mass is 10.1. The number of fused-ring (bicyclic) bond motifs is 3. The molecular weight excluding hydrogens is 376 g/mol. The van der Waals surface area contributed by atoms with E-state index in [9.17, 15) is 4.79 Å². The molecule has 0 aromatic carbocycles. The van der Waals surface area contributed by atoms with Crippen LogP contribution >= 0.6 is 22.7 Å². The number of hydrogen-bond acceptors (Lipinski definition) is 5. The number of carbonyl (C=O) groups is 1. The zero-order chi connectivity index (χ0) is 18.5. The Bertz CT molecular complexity index is 988. The highest BCUT2D eigenvalue weighted by molar-refractivity contribution is 7.10. The average molecular weight is 399 g/mol. The second-order valence-corrected chi connectivity index (χ2v) is 9.51. The first-order valence-electron chi connectivity index (χ1n) is 9.24. The Hall–Kier alpha value is -1.96. The standard InChI is InChI=1S/C20H22N4OS2/c1-13-5-7-26-19(13)11-22-9-17-18(10-22)24(8-15-12-27-14(2)21-15)20(25)16-4-3-6-23(16)17/h3-7,12,17-18H,8-11H2,1-2H3/t17-,18+/m1/s1. The Morgan fingerprint density at radius 2 is 2.00 bits per heavy atom. The fourth-order valence-electron chi connectivity index (χ4n) is 4.33. The van der Waals surface area contributed by atoms with Crippen molar-refractivity contribution in [3.63, 3.8) is 0 Å². The van der Waals surface area contributed by atoms with E-state index in [4.69, 9.17) is 0 Å². The number of thiophene rings is 1. The average Bonchev–Trinajstić information content (AvgIpc) is 3.40. The maximum absolute atomic E-state index is 13.2. The monoisotopic (exact) mass is 398 g/mol. The number of hydrogen-bond donors (Lipinski definition) is 0. The summed E-state index contributed by atoms with van der Waals surface area (Å²) >= 11 is 3.47. The van der Waals surface area contributed by atoms with Gasteiger partial charge in [0.25, 0.3) is 5.91 Å². The van der Waals surface area contributed by atoms with Gasteiger partial charge in [-0.05, 0) is 43.0 Å². The van der Waals surface area contributed by atoms with Gasteiger partial charge in [-0.3, -0.25) is 9.69 Å². The van der Waals surface area contributed by atoms with E-state index in [0.717, 1.165) is 36.0 Å². The van der Waals surface area contributed by atoms with Crippen molar-refractivity contribution in [3.05, 3.63) is 62.0 Å². The van der Waals surface area contributed by atoms with E-state index in [1.165, 1.54) is 10.4 Å². The van der Waals surface area contributed by atoms with Gasteiger partial charge in [0.1, 0.15) is 5.69 Å². The predicted octanol–water partition coefficient (Wildman–Crippen LogP) is 3.70. The Labute approximate surface area is 166 Å². The lowest BCUT2D eigenvalue weighted by Gasteiger charge is -2.38. The summed E-state index contributed by atoms with van der Waals surface area (Å²) in [5, 5.41) is 5.29. The van der Waals surface area contributed by atoms with Crippen LogP contribution in [-0.4, -0.2) is 44.4 Å². The van der Waals surface area contributed by atoms with Crippen LogP contribution in [0.15, 0.2) is 35.2 Å². The molecule has 27 heavy (non-hydrogen) atoms. The van der Waals surface area contributed by atoms with Gasteiger partial charge in [0, 0.05) is 36.1 Å². The van der Waals surface area contributed by atoms with Crippen molar-refractivity contribution in [1.82, 2.24) is 19.4 Å². The van der Waals surface area contributed by atoms with Crippen molar-refractivity contribution in [1.29, 1.82) is 0 Å². The van der Waals surface area contributed by atoms with E-state index in [-0.39, 0.29) is 11.9 Å². The van der Waals surface area contributed by atoms with Gasteiger partial charge in [-0.2, -0.15) is 0 Å². The summed E-state index contributed by atoms with van der Waals surface area (Å²) in [6, 6.07) is 6.64. The Kier molecular flexibility index (Phi) is 4.18. The van der Waals surface area contributed by atoms with Gasteiger partial charge in [0.15, 0.2) is 0 Å². The molecule has 7 heteroatoms. The summed E-state index contributed by atoms with van der Waals surface area (Å²) in [7, 11) is 0. The van der Waals surface area contributed by atoms with Gasteiger partial charge in [-0.25, -0.2) is 4.98 Å². The number of aryl methyl sites for hydroxylation is 2. The molecule has 3 aromatic rings. The number of rotatable bonds is 4. The highest BCUT2D eigenvalue weighted by Crippen LogP contribution is 2.35. The van der Waals surface area contributed by atoms with Crippen molar-refractivity contribution in [2.45, 2.75) is 39.0 Å². The first-order chi connectivity index (χ1) is 13.1. The molecule has 140 valence electrons. The molecule has 0 aliphatic carbocycles. The van der Waals surface area contributed by atoms with Crippen LogP contribution in [0.3, 0.4) is 0 Å². The van der Waals surface area contributed by atoms with Gasteiger partial charge < -0.3 is 9.47 Å². The molecule has 0 saturated carbocycles. The van der Waals surface area contributed by atoms with Crippen molar-refractivity contribution >= 4 is 28.6 Å². The van der Waals surface area contributed by atoms with E-state index in [1.54, 1.807) is 11.3 Å². The molecule has 0 spiro atoms. The first kappa shape index (κ1) is 17.2. The minimum absolute atomic E-state index is 0.126. The van der Waals surface area contributed by atoms with E-state index < -0.39 is 0 Å². The fourth-order valence-corrected chi connectivity index (χ4v) is 5.88. The molecule has 3 aromatic heterocycles. The van der Waals surface area contributed by atoms with Crippen molar-refractivity contribution in [2.24, 2.45) is 0 Å². The summed E-state index contributed by atoms with van der Waals surface area (Å²) in [6.45, 7) is 7.64. The van der Waals surface area contributed by atoms with Crippen LogP contribution in [0.4, 0.5) is 0 Å². The molecule has 2 aliphatic heterocycles. The third-order valence-corrected chi connectivity index (χ3v) is 7.52. The van der Waals surface area contributed by atoms with Crippen LogP contribution in [0.5, 0.6) is 0 Å². The fraction of sp³-hybridized carbons (Fsp3) is 0.400. The largest absolute Gasteiger partial charge is 0.337 e. The third kappa shape index (κ3) is 2.94. The smallest absolute Gasteiger partial charge is 0.271 e. The molecule has 0 radical (unpaired) electrons. The molecule has 0 N–H and O–H groups in total. The van der Waals surface area contributed by atoms with Crippen molar-refractivity contribution in [2.75, 3.05) is 13.1 Å². The topological polar surface area (TPSA) is 41.4 Å². The molecule has 0 unspecified atom stereocenters. The highest BCUT2D eigenvalue weighted by atomic mass is 32.1. The van der Waals surface area contributed by atoms with Gasteiger partial charge in [-0.15, -0.1) is 22.7 Å². The summed E-state index contributed by atoms with van der Waals surface area (Å²) in [5.74, 6) is 0.126. The summed E-state index contributed by atoms with van der Waals surface area (Å²) in [5.41, 5.74) is 3.16. The summed E-state index contributed by atoms with van der Waals surface area (Å²) < 4.78 is 2.19. The van der Waals surface area contributed by atoms with E-state index >= 15 is 0 Å². The van der Waals surface area contributed by atoms with E-state index in [1.807, 2.05) is 30.4 Å². The zero-order valence-electron chi connectivity index (χ0n) is 15.5. The minimum atomic E-state index is 0.126. The molecule has 0 bridgehead atoms. The van der Waals surface area contributed by atoms with Gasteiger partial charge in [-0.1, -0.05) is 0 Å². The van der Waals surface area contributed by atoms with E-state index in [2.05, 4.69) is 49.3 Å². The van der Waals surface area contributed by atoms with Crippen LogP contribution in [-0.2, 0) is 13.1 Å². The predicted molar refractivity (Wildman–Crippen MR) is 108 cm³/mol. The lowest BCUT2D eigenvalue weighted by molar-refractivity contribution is 0.0554. The van der Waals surface area contributed by atoms with Crippen molar-refractivity contribution in [3.8, 4) is 0 Å². The maximum Gasteiger partial charge on any atom is 0.271 e. The molecule has 1 saturated heterocycles. The first-order valence-corrected chi connectivity index (χ1v) is 11.0. The number of nitrogens with zero attached hydrogens (tertiary/aromatic N) is 4. The second-order valence-electron chi connectivity index (χ2n) is 7.45. The van der Waals surface area contributed by atoms with Crippen LogP contribution in [0.2, 0.25) is 0 Å². The highest BCUT2D eigenvalue weighted by Gasteiger charge is 2.45. The summed E-state index contributed by atoms with van der Waals surface area (Å²) in [4.78, 5) is 23.7. The lowest BCUT2D eigenvalue weighted by Crippen LogP contribution is -2.49. The number of thiazole rings is 1. The number of aromatic nitrogens is 2. The molecule has 1 amide bonds. The normalized spacial score (nSPS) is 22.3. The quantitative estimate of drug-likeness (QED) is 0.673. The molecule has 5 heterocycles. The Morgan fingerprint density at radius 1 is 1.15 bits per heavy atom. The van der Waals surface area contributed by atoms with Gasteiger partial charge >= 0.3 is 0 Å². The molecular formula is C20H22N4OS2. The SMILES string of the molecule is Cc1nc(CN2C(=O)c3cccn3[C@@H]3CN(Cc4sccc4C)C[C@@H]32)cs1. The number of likely N-dealkylation sites (tertiary alicyclic amines) is 1. The number of amides is 1. The summed E-state index contributed by atoms with van der Waals surface area (Å²) in [6.07, 6.45) is 2.06. The van der Waals surface area contributed by atoms with Gasteiger partial charge in [0.05, 0.1) is 29.3 Å². The zero-order valence-corrected chi connectivity index (χ0v) is 17.1. The molecule has 2 aliphatic rings. The molecule has 1 fully saturated rings. The second kappa shape index (κ2) is 6.58. The van der Waals surface area contributed by atoms with Crippen LogP contribution < -0.4 is 0 Å². The maximum atomic E-state index is 13.2.